The van der Waals surface area contributed by atoms with Crippen molar-refractivity contribution in [3.63, 3.8) is 0 Å². The molecule has 2 aromatic carbocycles. The van der Waals surface area contributed by atoms with Crippen LogP contribution in [0.3, 0.4) is 0 Å². The van der Waals surface area contributed by atoms with Crippen molar-refractivity contribution in [2.24, 2.45) is 5.92 Å². The second-order valence-electron chi connectivity index (χ2n) is 8.86. The van der Waals surface area contributed by atoms with Crippen LogP contribution >= 0.6 is 0 Å². The van der Waals surface area contributed by atoms with Gasteiger partial charge < -0.3 is 10.2 Å². The molecule has 0 fully saturated rings. The molecule has 33 heavy (non-hydrogen) atoms. The number of benzene rings is 2. The molecule has 8 heteroatoms. The molecule has 0 radical (unpaired) electrons. The SMILES string of the molecule is Cc1ccc(N(CC(=O)N(Cc2ccccc2)C(C)C(=O)NCC(C)C)S(C)(=O)=O)cc1C. The molecular formula is C25H35N3O4S. The Balaban J connectivity index is 2.36. The van der Waals surface area contributed by atoms with Crippen LogP contribution in [0.4, 0.5) is 5.69 Å². The minimum absolute atomic E-state index is 0.195. The Kier molecular flexibility index (Phi) is 9.05. The Labute approximate surface area is 197 Å². The van der Waals surface area contributed by atoms with Crippen LogP contribution in [0, 0.1) is 19.8 Å². The van der Waals surface area contributed by atoms with E-state index in [0.717, 1.165) is 27.3 Å². The first-order chi connectivity index (χ1) is 15.4. The first-order valence-corrected chi connectivity index (χ1v) is 12.9. The first-order valence-electron chi connectivity index (χ1n) is 11.1. The second-order valence-corrected chi connectivity index (χ2v) is 10.8. The number of hydrogen-bond donors (Lipinski definition) is 1. The van der Waals surface area contributed by atoms with E-state index in [9.17, 15) is 18.0 Å². The monoisotopic (exact) mass is 473 g/mol. The van der Waals surface area contributed by atoms with E-state index in [-0.39, 0.29) is 18.4 Å². The summed E-state index contributed by atoms with van der Waals surface area (Å²) in [5.74, 6) is -0.454. The lowest BCUT2D eigenvalue weighted by molar-refractivity contribution is -0.139. The van der Waals surface area contributed by atoms with Crippen LogP contribution < -0.4 is 9.62 Å². The van der Waals surface area contributed by atoms with Gasteiger partial charge in [0, 0.05) is 13.1 Å². The van der Waals surface area contributed by atoms with Gasteiger partial charge in [-0.3, -0.25) is 13.9 Å². The number of aryl methyl sites for hydroxylation is 2. The molecule has 0 spiro atoms. The lowest BCUT2D eigenvalue weighted by atomic mass is 10.1. The van der Waals surface area contributed by atoms with Crippen LogP contribution in [-0.4, -0.2) is 50.5 Å². The van der Waals surface area contributed by atoms with Gasteiger partial charge in [-0.2, -0.15) is 0 Å². The molecule has 1 unspecified atom stereocenters. The van der Waals surface area contributed by atoms with Gasteiger partial charge in [-0.25, -0.2) is 8.42 Å². The number of carbonyl (C=O) groups excluding carboxylic acids is 2. The van der Waals surface area contributed by atoms with Crippen molar-refractivity contribution in [3.8, 4) is 0 Å². The predicted octanol–water partition coefficient (Wildman–Crippen LogP) is 3.26. The maximum atomic E-state index is 13.5. The Morgan fingerprint density at radius 3 is 2.15 bits per heavy atom. The molecule has 2 aromatic rings. The molecule has 0 saturated carbocycles. The Bertz CT molecular complexity index is 1070. The average Bonchev–Trinajstić information content (AvgIpc) is 2.75. The summed E-state index contributed by atoms with van der Waals surface area (Å²) in [4.78, 5) is 27.7. The summed E-state index contributed by atoms with van der Waals surface area (Å²) < 4.78 is 26.3. The summed E-state index contributed by atoms with van der Waals surface area (Å²) in [6, 6.07) is 13.8. The summed E-state index contributed by atoms with van der Waals surface area (Å²) in [7, 11) is -3.73. The summed E-state index contributed by atoms with van der Waals surface area (Å²) in [5.41, 5.74) is 3.23. The van der Waals surface area contributed by atoms with Crippen LogP contribution in [0.1, 0.15) is 37.5 Å². The molecule has 1 N–H and O–H groups in total. The van der Waals surface area contributed by atoms with Crippen molar-refractivity contribution in [3.05, 3.63) is 65.2 Å². The third-order valence-electron chi connectivity index (χ3n) is 5.51. The van der Waals surface area contributed by atoms with E-state index in [2.05, 4.69) is 5.32 Å². The Morgan fingerprint density at radius 2 is 1.61 bits per heavy atom. The number of anilines is 1. The summed E-state index contributed by atoms with van der Waals surface area (Å²) in [6.07, 6.45) is 1.08. The maximum absolute atomic E-state index is 13.5. The number of nitrogens with one attached hydrogen (secondary N) is 1. The van der Waals surface area contributed by atoms with Crippen molar-refractivity contribution in [2.75, 3.05) is 23.7 Å². The molecule has 0 aliphatic heterocycles. The standard InChI is InChI=1S/C25H35N3O4S/c1-18(2)15-26-25(30)21(5)27(16-22-10-8-7-9-11-22)24(29)17-28(33(6,31)32)23-13-12-19(3)20(4)14-23/h7-14,18,21H,15-17H2,1-6H3,(H,26,30). The molecule has 0 bridgehead atoms. The van der Waals surface area contributed by atoms with Gasteiger partial charge in [0.05, 0.1) is 11.9 Å². The number of sulfonamides is 1. The normalized spacial score (nSPS) is 12.3. The topological polar surface area (TPSA) is 86.8 Å². The molecule has 0 aromatic heterocycles. The summed E-state index contributed by atoms with van der Waals surface area (Å²) >= 11 is 0. The fraction of sp³-hybridized carbons (Fsp3) is 0.440. The van der Waals surface area contributed by atoms with Gasteiger partial charge in [-0.15, -0.1) is 0 Å². The molecule has 0 aliphatic carbocycles. The Morgan fingerprint density at radius 1 is 0.970 bits per heavy atom. The highest BCUT2D eigenvalue weighted by Crippen LogP contribution is 2.22. The zero-order chi connectivity index (χ0) is 24.8. The van der Waals surface area contributed by atoms with Gasteiger partial charge in [0.25, 0.3) is 0 Å². The van der Waals surface area contributed by atoms with E-state index in [1.54, 1.807) is 19.1 Å². The fourth-order valence-corrected chi connectivity index (χ4v) is 4.15. The van der Waals surface area contributed by atoms with E-state index in [1.165, 1.54) is 4.90 Å². The minimum atomic E-state index is -3.73. The van der Waals surface area contributed by atoms with Crippen molar-refractivity contribution in [1.29, 1.82) is 0 Å². The molecule has 180 valence electrons. The van der Waals surface area contributed by atoms with Gasteiger partial charge in [0.15, 0.2) is 0 Å². The zero-order valence-electron chi connectivity index (χ0n) is 20.3. The largest absolute Gasteiger partial charge is 0.354 e. The van der Waals surface area contributed by atoms with Crippen molar-refractivity contribution in [2.45, 2.75) is 47.2 Å². The van der Waals surface area contributed by atoms with E-state index in [0.29, 0.717) is 12.2 Å². The number of carbonyl (C=O) groups is 2. The number of hydrogen-bond acceptors (Lipinski definition) is 4. The molecule has 1 atom stereocenters. The van der Waals surface area contributed by atoms with Crippen molar-refractivity contribution >= 4 is 27.5 Å². The van der Waals surface area contributed by atoms with Gasteiger partial charge >= 0.3 is 0 Å². The van der Waals surface area contributed by atoms with Crippen LogP contribution in [0.25, 0.3) is 0 Å². The van der Waals surface area contributed by atoms with Crippen LogP contribution in [0.5, 0.6) is 0 Å². The molecule has 2 amide bonds. The molecule has 0 saturated heterocycles. The number of rotatable bonds is 10. The predicted molar refractivity (Wildman–Crippen MR) is 132 cm³/mol. The third kappa shape index (κ3) is 7.60. The van der Waals surface area contributed by atoms with Gasteiger partial charge in [-0.05, 0) is 55.5 Å². The highest BCUT2D eigenvalue weighted by Gasteiger charge is 2.30. The number of nitrogens with zero attached hydrogens (tertiary/aromatic N) is 2. The zero-order valence-corrected chi connectivity index (χ0v) is 21.1. The van der Waals surface area contributed by atoms with Crippen molar-refractivity contribution < 1.29 is 18.0 Å². The molecule has 0 aliphatic rings. The quantitative estimate of drug-likeness (QED) is 0.574. The number of amides is 2. The average molecular weight is 474 g/mol. The van der Waals surface area contributed by atoms with Crippen LogP contribution in [0.15, 0.2) is 48.5 Å². The molecular weight excluding hydrogens is 438 g/mol. The maximum Gasteiger partial charge on any atom is 0.244 e. The van der Waals surface area contributed by atoms with Crippen molar-refractivity contribution in [1.82, 2.24) is 10.2 Å². The third-order valence-corrected chi connectivity index (χ3v) is 6.65. The highest BCUT2D eigenvalue weighted by molar-refractivity contribution is 7.92. The van der Waals surface area contributed by atoms with Crippen LogP contribution in [0.2, 0.25) is 0 Å². The molecule has 2 rings (SSSR count). The lowest BCUT2D eigenvalue weighted by Crippen LogP contribution is -2.51. The minimum Gasteiger partial charge on any atom is -0.354 e. The fourth-order valence-electron chi connectivity index (χ4n) is 3.31. The second kappa shape index (κ2) is 11.3. The molecule has 7 nitrogen and oxygen atoms in total. The van der Waals surface area contributed by atoms with E-state index in [4.69, 9.17) is 0 Å². The Hall–Kier alpha value is -2.87. The van der Waals surface area contributed by atoms with E-state index < -0.39 is 28.5 Å². The lowest BCUT2D eigenvalue weighted by Gasteiger charge is -2.31. The van der Waals surface area contributed by atoms with E-state index in [1.807, 2.05) is 64.1 Å². The summed E-state index contributed by atoms with van der Waals surface area (Å²) in [5, 5.41) is 2.87. The summed E-state index contributed by atoms with van der Waals surface area (Å²) in [6.45, 7) is 9.78. The first kappa shape index (κ1) is 26.4. The van der Waals surface area contributed by atoms with E-state index >= 15 is 0 Å². The smallest absolute Gasteiger partial charge is 0.244 e. The van der Waals surface area contributed by atoms with Crippen LogP contribution in [-0.2, 0) is 26.2 Å². The van der Waals surface area contributed by atoms with Gasteiger partial charge in [0.2, 0.25) is 21.8 Å². The van der Waals surface area contributed by atoms with Gasteiger partial charge in [-0.1, -0.05) is 50.2 Å². The highest BCUT2D eigenvalue weighted by atomic mass is 32.2. The molecule has 0 heterocycles. The van der Waals surface area contributed by atoms with Gasteiger partial charge in [0.1, 0.15) is 12.6 Å².